The van der Waals surface area contributed by atoms with Crippen molar-refractivity contribution in [1.29, 1.82) is 0 Å². The molecule has 0 radical (unpaired) electrons. The standard InChI is InChI=1S/C16H16ClFO3S/c1-12-9-13(20-8-4-7-17)11-14(10-12)21-22(19)16-6-3-2-5-15(16)18/h2-3,5-6,9-11H,4,7-8H2,1H3. The van der Waals surface area contributed by atoms with Crippen LogP contribution in [0.1, 0.15) is 12.0 Å². The molecule has 0 saturated heterocycles. The van der Waals surface area contributed by atoms with Crippen LogP contribution in [0.2, 0.25) is 0 Å². The Labute approximate surface area is 136 Å². The Hall–Kier alpha value is -1.59. The van der Waals surface area contributed by atoms with Crippen LogP contribution in [0.25, 0.3) is 0 Å². The van der Waals surface area contributed by atoms with Gasteiger partial charge in [0.05, 0.1) is 6.61 Å². The first kappa shape index (κ1) is 16.8. The smallest absolute Gasteiger partial charge is 0.243 e. The lowest BCUT2D eigenvalue weighted by atomic mass is 10.2. The number of hydrogen-bond acceptors (Lipinski definition) is 3. The minimum Gasteiger partial charge on any atom is -0.493 e. The molecule has 6 heteroatoms. The van der Waals surface area contributed by atoms with E-state index in [0.29, 0.717) is 24.0 Å². The number of alkyl halides is 1. The molecule has 0 fully saturated rings. The predicted octanol–water partition coefficient (Wildman–Crippen LogP) is 4.24. The Morgan fingerprint density at radius 2 is 1.91 bits per heavy atom. The minimum atomic E-state index is -1.92. The zero-order valence-electron chi connectivity index (χ0n) is 12.1. The topological polar surface area (TPSA) is 35.5 Å². The van der Waals surface area contributed by atoms with Gasteiger partial charge in [0.1, 0.15) is 22.2 Å². The highest BCUT2D eigenvalue weighted by Gasteiger charge is 2.12. The Morgan fingerprint density at radius 1 is 1.18 bits per heavy atom. The van der Waals surface area contributed by atoms with Crippen LogP contribution in [-0.4, -0.2) is 16.7 Å². The van der Waals surface area contributed by atoms with Crippen molar-refractivity contribution < 1.29 is 17.5 Å². The van der Waals surface area contributed by atoms with Crippen LogP contribution in [0.15, 0.2) is 47.4 Å². The van der Waals surface area contributed by atoms with Crippen molar-refractivity contribution in [3.05, 3.63) is 53.8 Å². The molecule has 2 rings (SSSR count). The highest BCUT2D eigenvalue weighted by atomic mass is 35.5. The largest absolute Gasteiger partial charge is 0.493 e. The van der Waals surface area contributed by atoms with Gasteiger partial charge >= 0.3 is 0 Å². The molecule has 0 aliphatic carbocycles. The van der Waals surface area contributed by atoms with Crippen molar-refractivity contribution in [1.82, 2.24) is 0 Å². The summed E-state index contributed by atoms with van der Waals surface area (Å²) in [6.45, 7) is 2.36. The van der Waals surface area contributed by atoms with E-state index in [9.17, 15) is 8.60 Å². The quantitative estimate of drug-likeness (QED) is 0.557. The third-order valence-electron chi connectivity index (χ3n) is 2.76. The van der Waals surface area contributed by atoms with Crippen LogP contribution in [0.4, 0.5) is 4.39 Å². The molecule has 0 saturated carbocycles. The molecule has 3 nitrogen and oxygen atoms in total. The molecule has 118 valence electrons. The van der Waals surface area contributed by atoms with Gasteiger partial charge in [0.25, 0.3) is 0 Å². The second-order valence-corrected chi connectivity index (χ2v) is 6.08. The lowest BCUT2D eigenvalue weighted by Crippen LogP contribution is -2.04. The molecule has 2 aromatic rings. The summed E-state index contributed by atoms with van der Waals surface area (Å²) in [4.78, 5) is 0.00798. The first-order chi connectivity index (χ1) is 10.6. The van der Waals surface area contributed by atoms with Gasteiger partial charge in [-0.3, -0.25) is 0 Å². The van der Waals surface area contributed by atoms with Gasteiger partial charge in [0.15, 0.2) is 0 Å². The molecule has 0 aliphatic rings. The fourth-order valence-corrected chi connectivity index (χ4v) is 2.69. The maximum atomic E-state index is 13.6. The van der Waals surface area contributed by atoms with Gasteiger partial charge in [-0.1, -0.05) is 12.1 Å². The van der Waals surface area contributed by atoms with E-state index in [-0.39, 0.29) is 4.90 Å². The molecule has 0 bridgehead atoms. The van der Waals surface area contributed by atoms with Crippen LogP contribution in [-0.2, 0) is 11.1 Å². The van der Waals surface area contributed by atoms with Gasteiger partial charge < -0.3 is 8.92 Å². The van der Waals surface area contributed by atoms with Crippen LogP contribution in [0.3, 0.4) is 0 Å². The predicted molar refractivity (Wildman–Crippen MR) is 85.4 cm³/mol. The van der Waals surface area contributed by atoms with E-state index in [0.717, 1.165) is 12.0 Å². The Balaban J connectivity index is 2.12. The second kappa shape index (κ2) is 8.15. The molecule has 0 amide bonds. The highest BCUT2D eigenvalue weighted by molar-refractivity contribution is 7.80. The summed E-state index contributed by atoms with van der Waals surface area (Å²) >= 11 is 3.68. The maximum Gasteiger partial charge on any atom is 0.243 e. The van der Waals surface area contributed by atoms with Crippen molar-refractivity contribution in [3.8, 4) is 11.5 Å². The minimum absolute atomic E-state index is 0.00798. The van der Waals surface area contributed by atoms with Crippen LogP contribution < -0.4 is 8.92 Å². The number of rotatable bonds is 7. The molecular formula is C16H16ClFO3S. The molecule has 22 heavy (non-hydrogen) atoms. The maximum absolute atomic E-state index is 13.6. The molecule has 1 unspecified atom stereocenters. The van der Waals surface area contributed by atoms with Crippen molar-refractivity contribution in [2.45, 2.75) is 18.2 Å². The number of aryl methyl sites for hydroxylation is 1. The SMILES string of the molecule is Cc1cc(OCCCCl)cc(OS(=O)c2ccccc2F)c1. The summed E-state index contributed by atoms with van der Waals surface area (Å²) in [6.07, 6.45) is 0.729. The zero-order chi connectivity index (χ0) is 15.9. The first-order valence-electron chi connectivity index (χ1n) is 6.75. The van der Waals surface area contributed by atoms with E-state index in [4.69, 9.17) is 20.5 Å². The van der Waals surface area contributed by atoms with Gasteiger partial charge in [-0.15, -0.1) is 11.6 Å². The lowest BCUT2D eigenvalue weighted by molar-refractivity contribution is 0.317. The normalized spacial score (nSPS) is 12.0. The molecule has 0 aromatic heterocycles. The van der Waals surface area contributed by atoms with Gasteiger partial charge in [-0.2, -0.15) is 0 Å². The van der Waals surface area contributed by atoms with Crippen molar-refractivity contribution in [3.63, 3.8) is 0 Å². The number of benzene rings is 2. The van der Waals surface area contributed by atoms with Crippen molar-refractivity contribution in [2.75, 3.05) is 12.5 Å². The van der Waals surface area contributed by atoms with Crippen LogP contribution >= 0.6 is 11.6 Å². The van der Waals surface area contributed by atoms with Crippen molar-refractivity contribution in [2.24, 2.45) is 0 Å². The Morgan fingerprint density at radius 3 is 2.64 bits per heavy atom. The van der Waals surface area contributed by atoms with Gasteiger partial charge in [0, 0.05) is 11.9 Å². The summed E-state index contributed by atoms with van der Waals surface area (Å²) < 4.78 is 36.6. The fourth-order valence-electron chi connectivity index (χ4n) is 1.80. The van der Waals surface area contributed by atoms with E-state index < -0.39 is 16.9 Å². The molecule has 0 aliphatic heterocycles. The Kier molecular flexibility index (Phi) is 6.21. The monoisotopic (exact) mass is 342 g/mol. The molecule has 1 atom stereocenters. The first-order valence-corrected chi connectivity index (χ1v) is 8.36. The van der Waals surface area contributed by atoms with E-state index in [1.807, 2.05) is 13.0 Å². The molecule has 2 aromatic carbocycles. The summed E-state index contributed by atoms with van der Waals surface area (Å²) in [7, 11) is 0. The lowest BCUT2D eigenvalue weighted by Gasteiger charge is -2.10. The van der Waals surface area contributed by atoms with Gasteiger partial charge in [-0.25, -0.2) is 8.60 Å². The summed E-state index contributed by atoms with van der Waals surface area (Å²) in [5.41, 5.74) is 0.893. The average molecular weight is 343 g/mol. The average Bonchev–Trinajstić information content (AvgIpc) is 2.47. The highest BCUT2D eigenvalue weighted by Crippen LogP contribution is 2.25. The fraction of sp³-hybridized carbons (Fsp3) is 0.250. The summed E-state index contributed by atoms with van der Waals surface area (Å²) in [5.74, 6) is 0.923. The second-order valence-electron chi connectivity index (χ2n) is 4.62. The van der Waals surface area contributed by atoms with E-state index >= 15 is 0 Å². The number of halogens is 2. The third-order valence-corrected chi connectivity index (χ3v) is 4.06. The number of ether oxygens (including phenoxy) is 1. The zero-order valence-corrected chi connectivity index (χ0v) is 13.6. The van der Waals surface area contributed by atoms with Gasteiger partial charge in [-0.05, 0) is 43.2 Å². The molecule has 0 spiro atoms. The molecular weight excluding hydrogens is 327 g/mol. The molecule has 0 N–H and O–H groups in total. The van der Waals surface area contributed by atoms with E-state index in [1.165, 1.54) is 18.2 Å². The summed E-state index contributed by atoms with van der Waals surface area (Å²) in [5, 5.41) is 0. The van der Waals surface area contributed by atoms with E-state index in [1.54, 1.807) is 18.2 Å². The van der Waals surface area contributed by atoms with Crippen LogP contribution in [0.5, 0.6) is 11.5 Å². The van der Waals surface area contributed by atoms with Crippen LogP contribution in [0, 0.1) is 12.7 Å². The third kappa shape index (κ3) is 4.71. The Bertz CT molecular complexity index is 664. The van der Waals surface area contributed by atoms with E-state index in [2.05, 4.69) is 0 Å². The number of hydrogen-bond donors (Lipinski definition) is 0. The summed E-state index contributed by atoms with van der Waals surface area (Å²) in [6, 6.07) is 11.0. The molecule has 0 heterocycles. The van der Waals surface area contributed by atoms with Gasteiger partial charge in [0.2, 0.25) is 11.1 Å². The van der Waals surface area contributed by atoms with Crippen molar-refractivity contribution >= 4 is 22.7 Å².